The average molecular weight is 403 g/mol. The first-order chi connectivity index (χ1) is 12.9. The van der Waals surface area contributed by atoms with Gasteiger partial charge in [-0.25, -0.2) is 0 Å². The van der Waals surface area contributed by atoms with Gasteiger partial charge < -0.3 is 5.11 Å². The summed E-state index contributed by atoms with van der Waals surface area (Å²) in [5.41, 5.74) is 0.976. The summed E-state index contributed by atoms with van der Waals surface area (Å²) < 4.78 is 0. The number of phenolic OH excluding ortho intramolecular Hbond substituents is 1. The summed E-state index contributed by atoms with van der Waals surface area (Å²) in [7, 11) is 0. The molecule has 8 nitrogen and oxygen atoms in total. The zero-order chi connectivity index (χ0) is 19.4. The summed E-state index contributed by atoms with van der Waals surface area (Å²) >= 11 is 6.86. The minimum absolute atomic E-state index is 0.0334. The SMILES string of the molecule is O=C1N/C(=N/N=C\c2ccc(Cl)c([N+](=O)[O-])c2)S/C1=C\c1ccc(O)cc1. The Labute approximate surface area is 162 Å². The molecule has 0 spiro atoms. The minimum Gasteiger partial charge on any atom is -0.508 e. The maximum Gasteiger partial charge on any atom is 0.288 e. The third kappa shape index (κ3) is 4.72. The molecule has 27 heavy (non-hydrogen) atoms. The Bertz CT molecular complexity index is 1000. The predicted octanol–water partition coefficient (Wildman–Crippen LogP) is 3.55. The first kappa shape index (κ1) is 18.6. The first-order valence-electron chi connectivity index (χ1n) is 7.47. The molecule has 1 heterocycles. The van der Waals surface area contributed by atoms with Gasteiger partial charge in [-0.05, 0) is 41.6 Å². The molecular weight excluding hydrogens is 392 g/mol. The quantitative estimate of drug-likeness (QED) is 0.351. The van der Waals surface area contributed by atoms with E-state index in [0.29, 0.717) is 10.5 Å². The summed E-state index contributed by atoms with van der Waals surface area (Å²) in [4.78, 5) is 22.7. The van der Waals surface area contributed by atoms with Crippen LogP contribution in [-0.2, 0) is 4.79 Å². The van der Waals surface area contributed by atoms with Gasteiger partial charge in [-0.3, -0.25) is 20.2 Å². The fourth-order valence-corrected chi connectivity index (χ4v) is 3.06. The van der Waals surface area contributed by atoms with E-state index in [0.717, 1.165) is 17.3 Å². The number of nitro benzene ring substituents is 1. The topological polar surface area (TPSA) is 117 Å². The third-order valence-electron chi connectivity index (χ3n) is 3.36. The van der Waals surface area contributed by atoms with Gasteiger partial charge in [-0.2, -0.15) is 5.10 Å². The van der Waals surface area contributed by atoms with Crippen molar-refractivity contribution >= 4 is 52.4 Å². The van der Waals surface area contributed by atoms with E-state index in [-0.39, 0.29) is 27.5 Å². The van der Waals surface area contributed by atoms with E-state index >= 15 is 0 Å². The number of carbonyl (C=O) groups excluding carboxylic acids is 1. The number of amidine groups is 1. The van der Waals surface area contributed by atoms with Gasteiger partial charge in [-0.15, -0.1) is 5.10 Å². The normalized spacial score (nSPS) is 17.0. The van der Waals surface area contributed by atoms with Crippen LogP contribution in [0.15, 0.2) is 57.6 Å². The molecule has 10 heteroatoms. The number of rotatable bonds is 4. The maximum absolute atomic E-state index is 12.0. The molecule has 0 radical (unpaired) electrons. The Kier molecular flexibility index (Phi) is 5.53. The monoisotopic (exact) mass is 402 g/mol. The lowest BCUT2D eigenvalue weighted by atomic mass is 10.2. The van der Waals surface area contributed by atoms with Crippen molar-refractivity contribution in [1.29, 1.82) is 0 Å². The van der Waals surface area contributed by atoms with Crippen LogP contribution in [0.2, 0.25) is 5.02 Å². The number of halogens is 1. The van der Waals surface area contributed by atoms with Crippen LogP contribution in [0.3, 0.4) is 0 Å². The van der Waals surface area contributed by atoms with Gasteiger partial charge in [0.25, 0.3) is 11.6 Å². The standard InChI is InChI=1S/C17H11ClN4O4S/c18-13-6-3-11(7-14(13)22(25)26)9-19-21-17-20-16(24)15(27-17)8-10-1-4-12(23)5-2-10/h1-9,23H,(H,20,21,24)/b15-8-,19-9-. The highest BCUT2D eigenvalue weighted by Gasteiger charge is 2.23. The van der Waals surface area contributed by atoms with E-state index in [1.54, 1.807) is 24.3 Å². The number of benzene rings is 2. The number of phenols is 1. The second-order valence-electron chi connectivity index (χ2n) is 5.27. The molecule has 3 rings (SSSR count). The molecule has 1 amide bonds. The average Bonchev–Trinajstić information content (AvgIpc) is 2.97. The molecule has 136 valence electrons. The lowest BCUT2D eigenvalue weighted by Crippen LogP contribution is -2.19. The van der Waals surface area contributed by atoms with Gasteiger partial charge in [0.15, 0.2) is 5.17 Å². The number of aromatic hydroxyl groups is 1. The number of hydrogen-bond acceptors (Lipinski definition) is 7. The van der Waals surface area contributed by atoms with Crippen LogP contribution in [0.5, 0.6) is 5.75 Å². The van der Waals surface area contributed by atoms with Crippen LogP contribution in [0.1, 0.15) is 11.1 Å². The number of thioether (sulfide) groups is 1. The van der Waals surface area contributed by atoms with Gasteiger partial charge in [0, 0.05) is 11.6 Å². The van der Waals surface area contributed by atoms with Gasteiger partial charge in [-0.1, -0.05) is 29.8 Å². The second kappa shape index (κ2) is 8.02. The lowest BCUT2D eigenvalue weighted by Gasteiger charge is -1.96. The van der Waals surface area contributed by atoms with Crippen molar-refractivity contribution in [3.05, 3.63) is 73.6 Å². The smallest absolute Gasteiger partial charge is 0.288 e. The molecule has 2 N–H and O–H groups in total. The van der Waals surface area contributed by atoms with Crippen LogP contribution in [0.4, 0.5) is 5.69 Å². The molecule has 0 bridgehead atoms. The second-order valence-corrected chi connectivity index (χ2v) is 6.71. The van der Waals surface area contributed by atoms with Crippen LogP contribution >= 0.6 is 23.4 Å². The maximum atomic E-state index is 12.0. The molecule has 1 aliphatic heterocycles. The largest absolute Gasteiger partial charge is 0.508 e. The lowest BCUT2D eigenvalue weighted by molar-refractivity contribution is -0.384. The number of carbonyl (C=O) groups is 1. The molecule has 0 unspecified atom stereocenters. The van der Waals surface area contributed by atoms with E-state index in [1.807, 2.05) is 0 Å². The number of nitrogens with one attached hydrogen (secondary N) is 1. The molecular formula is C17H11ClN4O4S. The van der Waals surface area contributed by atoms with Crippen molar-refractivity contribution in [2.75, 3.05) is 0 Å². The Morgan fingerprint density at radius 3 is 2.59 bits per heavy atom. The summed E-state index contributed by atoms with van der Waals surface area (Å²) in [5, 5.41) is 30.8. The summed E-state index contributed by atoms with van der Waals surface area (Å²) in [6.07, 6.45) is 2.99. The summed E-state index contributed by atoms with van der Waals surface area (Å²) in [6.45, 7) is 0. The Morgan fingerprint density at radius 1 is 1.19 bits per heavy atom. The summed E-state index contributed by atoms with van der Waals surface area (Å²) in [5.74, 6) is -0.177. The van der Waals surface area contributed by atoms with Gasteiger partial charge >= 0.3 is 0 Å². The van der Waals surface area contributed by atoms with E-state index in [4.69, 9.17) is 11.6 Å². The predicted molar refractivity (Wildman–Crippen MR) is 105 cm³/mol. The molecule has 0 atom stereocenters. The highest BCUT2D eigenvalue weighted by Crippen LogP contribution is 2.27. The molecule has 0 saturated carbocycles. The van der Waals surface area contributed by atoms with Crippen molar-refractivity contribution < 1.29 is 14.8 Å². The van der Waals surface area contributed by atoms with E-state index < -0.39 is 4.92 Å². The van der Waals surface area contributed by atoms with Crippen molar-refractivity contribution in [3.8, 4) is 5.75 Å². The Balaban J connectivity index is 1.72. The Hall–Kier alpha value is -3.17. The number of hydrogen-bond donors (Lipinski definition) is 2. The molecule has 0 aromatic heterocycles. The molecule has 2 aromatic rings. The number of amides is 1. The van der Waals surface area contributed by atoms with Crippen LogP contribution in [-0.4, -0.2) is 27.3 Å². The minimum atomic E-state index is -0.584. The van der Waals surface area contributed by atoms with Crippen molar-refractivity contribution in [2.24, 2.45) is 10.2 Å². The molecule has 1 fully saturated rings. The van der Waals surface area contributed by atoms with Crippen molar-refractivity contribution in [1.82, 2.24) is 5.32 Å². The zero-order valence-electron chi connectivity index (χ0n) is 13.5. The number of nitro groups is 1. The molecule has 0 aliphatic carbocycles. The van der Waals surface area contributed by atoms with Gasteiger partial charge in [0.05, 0.1) is 16.0 Å². The van der Waals surface area contributed by atoms with Gasteiger partial charge in [0.2, 0.25) is 0 Å². The van der Waals surface area contributed by atoms with E-state index in [9.17, 15) is 20.0 Å². The molecule has 1 saturated heterocycles. The highest BCUT2D eigenvalue weighted by atomic mass is 35.5. The van der Waals surface area contributed by atoms with Crippen molar-refractivity contribution in [2.45, 2.75) is 0 Å². The fourth-order valence-electron chi connectivity index (χ4n) is 2.09. The van der Waals surface area contributed by atoms with Crippen molar-refractivity contribution in [3.63, 3.8) is 0 Å². The number of nitrogens with zero attached hydrogens (tertiary/aromatic N) is 3. The highest BCUT2D eigenvalue weighted by molar-refractivity contribution is 8.18. The Morgan fingerprint density at radius 2 is 1.89 bits per heavy atom. The molecule has 2 aromatic carbocycles. The summed E-state index contributed by atoms with van der Waals surface area (Å²) in [6, 6.07) is 10.6. The van der Waals surface area contributed by atoms with Crippen LogP contribution in [0.25, 0.3) is 6.08 Å². The van der Waals surface area contributed by atoms with E-state index in [2.05, 4.69) is 15.5 Å². The van der Waals surface area contributed by atoms with E-state index in [1.165, 1.54) is 30.5 Å². The molecule has 1 aliphatic rings. The fraction of sp³-hybridized carbons (Fsp3) is 0. The van der Waals surface area contributed by atoms with Crippen LogP contribution in [0, 0.1) is 10.1 Å². The van der Waals surface area contributed by atoms with Gasteiger partial charge in [0.1, 0.15) is 10.8 Å². The zero-order valence-corrected chi connectivity index (χ0v) is 15.1. The van der Waals surface area contributed by atoms with Crippen LogP contribution < -0.4 is 5.32 Å². The first-order valence-corrected chi connectivity index (χ1v) is 8.67. The third-order valence-corrected chi connectivity index (χ3v) is 4.58.